The normalized spacial score (nSPS) is 12.2. The van der Waals surface area contributed by atoms with Crippen molar-refractivity contribution < 1.29 is 14.6 Å². The average molecular weight is 151 g/mol. The number of allylic oxidation sites excluding steroid dienone is 1. The molecule has 0 atom stereocenters. The highest BCUT2D eigenvalue weighted by Gasteiger charge is 1.99. The third kappa shape index (κ3) is 2.98. The topological polar surface area (TPSA) is 46.5 Å². The van der Waals surface area contributed by atoms with Crippen LogP contribution >= 0.6 is 11.6 Å². The Bertz CT molecular complexity index is 130. The van der Waals surface area contributed by atoms with E-state index in [4.69, 9.17) is 16.7 Å². The largest absolute Gasteiger partial charge is 0.480 e. The predicted octanol–water partition coefficient (Wildman–Crippen LogP) is 1.19. The van der Waals surface area contributed by atoms with Crippen LogP contribution in [0.1, 0.15) is 6.92 Å². The molecule has 4 heteroatoms. The van der Waals surface area contributed by atoms with Gasteiger partial charge in [-0.25, -0.2) is 0 Å². The van der Waals surface area contributed by atoms with Gasteiger partial charge < -0.3 is 9.84 Å². The van der Waals surface area contributed by atoms with Crippen molar-refractivity contribution >= 4 is 17.9 Å². The molecule has 0 amide bonds. The molecule has 0 aliphatic heterocycles. The number of hydrogen-bond donors (Lipinski definition) is 1. The first-order chi connectivity index (χ1) is 4.22. The van der Waals surface area contributed by atoms with Crippen LogP contribution in [0, 0.1) is 0 Å². The molecule has 52 valence electrons. The van der Waals surface area contributed by atoms with Gasteiger partial charge in [-0.3, -0.25) is 4.79 Å². The van der Waals surface area contributed by atoms with Crippen LogP contribution in [0.25, 0.3) is 0 Å². The van der Waals surface area contributed by atoms with Crippen molar-refractivity contribution in [2.45, 2.75) is 6.92 Å². The second kappa shape index (κ2) is 4.21. The summed E-state index contributed by atoms with van der Waals surface area (Å²) >= 11 is 5.13. The maximum atomic E-state index is 9.79. The fourth-order valence-electron chi connectivity index (χ4n) is 0.256. The highest BCUT2D eigenvalue weighted by Crippen LogP contribution is 2.03. The van der Waals surface area contributed by atoms with E-state index in [1.807, 2.05) is 0 Å². The summed E-state index contributed by atoms with van der Waals surface area (Å²) in [6, 6.07) is 0. The van der Waals surface area contributed by atoms with Crippen LogP contribution in [-0.4, -0.2) is 18.0 Å². The number of aldehydes is 1. The van der Waals surface area contributed by atoms with Crippen LogP contribution in [0.5, 0.6) is 0 Å². The van der Waals surface area contributed by atoms with Crippen LogP contribution in [0.15, 0.2) is 11.0 Å². The summed E-state index contributed by atoms with van der Waals surface area (Å²) in [5, 5.41) is 8.30. The lowest BCUT2D eigenvalue weighted by Crippen LogP contribution is -1.92. The van der Waals surface area contributed by atoms with Crippen molar-refractivity contribution in [1.82, 2.24) is 0 Å². The SMILES string of the molecule is CCOC(O)=C(Cl)C=O. The number of ether oxygens (including phenoxy) is 1. The molecule has 1 N–H and O–H groups in total. The lowest BCUT2D eigenvalue weighted by atomic mass is 10.6. The number of aliphatic hydroxyl groups excluding tert-OH is 1. The van der Waals surface area contributed by atoms with E-state index >= 15 is 0 Å². The van der Waals surface area contributed by atoms with Gasteiger partial charge in [-0.2, -0.15) is 0 Å². The van der Waals surface area contributed by atoms with Crippen LogP contribution in [0.3, 0.4) is 0 Å². The minimum Gasteiger partial charge on any atom is -0.480 e. The van der Waals surface area contributed by atoms with Crippen LogP contribution in [0.2, 0.25) is 0 Å². The molecule has 0 aromatic heterocycles. The van der Waals surface area contributed by atoms with E-state index in [0.717, 1.165) is 0 Å². The summed E-state index contributed by atoms with van der Waals surface area (Å²) in [6.45, 7) is 1.96. The Morgan fingerprint density at radius 3 is 2.78 bits per heavy atom. The lowest BCUT2D eigenvalue weighted by Gasteiger charge is -1.98. The van der Waals surface area contributed by atoms with Gasteiger partial charge in [0.05, 0.1) is 6.61 Å². The van der Waals surface area contributed by atoms with Crippen molar-refractivity contribution in [1.29, 1.82) is 0 Å². The van der Waals surface area contributed by atoms with E-state index in [0.29, 0.717) is 6.29 Å². The van der Waals surface area contributed by atoms with Crippen LogP contribution in [0.4, 0.5) is 0 Å². The summed E-state index contributed by atoms with van der Waals surface area (Å²) in [5.74, 6) is -0.519. The molecule has 0 aromatic carbocycles. The molecule has 0 fully saturated rings. The summed E-state index contributed by atoms with van der Waals surface area (Å²) in [4.78, 5) is 9.79. The zero-order chi connectivity index (χ0) is 7.28. The van der Waals surface area contributed by atoms with Crippen molar-refractivity contribution in [3.8, 4) is 0 Å². The second-order valence-electron chi connectivity index (χ2n) is 1.20. The summed E-state index contributed by atoms with van der Waals surface area (Å²) < 4.78 is 4.47. The number of aliphatic hydroxyl groups is 1. The number of carbonyl (C=O) groups excluding carboxylic acids is 1. The molecule has 0 aliphatic rings. The van der Waals surface area contributed by atoms with Gasteiger partial charge in [0.1, 0.15) is 0 Å². The number of carbonyl (C=O) groups is 1. The third-order valence-corrected chi connectivity index (χ3v) is 0.840. The number of halogens is 1. The first kappa shape index (κ1) is 8.30. The first-order valence-electron chi connectivity index (χ1n) is 2.39. The molecular formula is C5H7ClO3. The minimum absolute atomic E-state index is 0.288. The fraction of sp³-hybridized carbons (Fsp3) is 0.400. The average Bonchev–Trinajstić information content (AvgIpc) is 1.87. The zero-order valence-corrected chi connectivity index (χ0v) is 5.68. The molecule has 0 aromatic rings. The fourth-order valence-corrected chi connectivity index (χ4v) is 0.311. The molecule has 0 unspecified atom stereocenters. The molecular weight excluding hydrogens is 144 g/mol. The maximum absolute atomic E-state index is 9.79. The van der Waals surface area contributed by atoms with Gasteiger partial charge in [0, 0.05) is 0 Å². The van der Waals surface area contributed by atoms with Crippen molar-refractivity contribution in [3.05, 3.63) is 11.0 Å². The molecule has 0 saturated carbocycles. The monoisotopic (exact) mass is 150 g/mol. The van der Waals surface area contributed by atoms with Gasteiger partial charge in [0.2, 0.25) is 0 Å². The summed E-state index contributed by atoms with van der Waals surface area (Å²) in [7, 11) is 0. The van der Waals surface area contributed by atoms with Gasteiger partial charge in [-0.05, 0) is 6.92 Å². The number of rotatable bonds is 3. The van der Waals surface area contributed by atoms with E-state index in [2.05, 4.69) is 4.74 Å². The van der Waals surface area contributed by atoms with Gasteiger partial charge in [0.15, 0.2) is 11.3 Å². The first-order valence-corrected chi connectivity index (χ1v) is 2.76. The Labute approximate surface area is 57.9 Å². The zero-order valence-electron chi connectivity index (χ0n) is 4.93. The van der Waals surface area contributed by atoms with Crippen molar-refractivity contribution in [3.63, 3.8) is 0 Å². The Kier molecular flexibility index (Phi) is 3.88. The highest BCUT2D eigenvalue weighted by atomic mass is 35.5. The summed E-state index contributed by atoms with van der Waals surface area (Å²) in [5.41, 5.74) is 0. The Hall–Kier alpha value is -0.700. The number of hydrogen-bond acceptors (Lipinski definition) is 3. The van der Waals surface area contributed by atoms with Gasteiger partial charge >= 0.3 is 0 Å². The van der Waals surface area contributed by atoms with Gasteiger partial charge in [-0.1, -0.05) is 11.6 Å². The van der Waals surface area contributed by atoms with Crippen LogP contribution < -0.4 is 0 Å². The van der Waals surface area contributed by atoms with Gasteiger partial charge in [0.25, 0.3) is 5.95 Å². The maximum Gasteiger partial charge on any atom is 0.299 e. The van der Waals surface area contributed by atoms with Crippen LogP contribution in [-0.2, 0) is 9.53 Å². The second-order valence-corrected chi connectivity index (χ2v) is 1.61. The predicted molar refractivity (Wildman–Crippen MR) is 33.2 cm³/mol. The molecule has 0 saturated heterocycles. The Balaban J connectivity index is 3.93. The van der Waals surface area contributed by atoms with E-state index < -0.39 is 5.95 Å². The highest BCUT2D eigenvalue weighted by molar-refractivity contribution is 6.38. The van der Waals surface area contributed by atoms with E-state index in [-0.39, 0.29) is 11.6 Å². The minimum atomic E-state index is -0.519. The smallest absolute Gasteiger partial charge is 0.299 e. The third-order valence-electron chi connectivity index (χ3n) is 0.589. The molecule has 0 spiro atoms. The van der Waals surface area contributed by atoms with Gasteiger partial charge in [-0.15, -0.1) is 0 Å². The van der Waals surface area contributed by atoms with E-state index in [1.54, 1.807) is 6.92 Å². The standard InChI is InChI=1S/C5H7ClO3/c1-2-9-5(8)4(6)3-7/h3,8H,2H2,1H3. The molecule has 9 heavy (non-hydrogen) atoms. The molecule has 0 aliphatic carbocycles. The molecule has 0 heterocycles. The Morgan fingerprint density at radius 1 is 1.89 bits per heavy atom. The Morgan fingerprint density at radius 2 is 2.44 bits per heavy atom. The molecule has 0 radical (unpaired) electrons. The van der Waals surface area contributed by atoms with E-state index in [9.17, 15) is 4.79 Å². The molecule has 0 bridgehead atoms. The molecule has 3 nitrogen and oxygen atoms in total. The van der Waals surface area contributed by atoms with Crippen molar-refractivity contribution in [2.24, 2.45) is 0 Å². The quantitative estimate of drug-likeness (QED) is 0.374. The van der Waals surface area contributed by atoms with Crippen molar-refractivity contribution in [2.75, 3.05) is 6.61 Å². The summed E-state index contributed by atoms with van der Waals surface area (Å²) in [6.07, 6.45) is 0.312. The van der Waals surface area contributed by atoms with E-state index in [1.165, 1.54) is 0 Å². The molecule has 0 rings (SSSR count). The lowest BCUT2D eigenvalue weighted by molar-refractivity contribution is -0.104.